The summed E-state index contributed by atoms with van der Waals surface area (Å²) < 4.78 is 13.9. The highest BCUT2D eigenvalue weighted by molar-refractivity contribution is 9.10. The molecule has 6 heteroatoms. The summed E-state index contributed by atoms with van der Waals surface area (Å²) in [5.41, 5.74) is 0.739. The first-order valence-corrected chi connectivity index (χ1v) is 7.19. The van der Waals surface area contributed by atoms with Gasteiger partial charge in [-0.2, -0.15) is 0 Å². The van der Waals surface area contributed by atoms with Crippen LogP contribution in [0.25, 0.3) is 10.6 Å². The Morgan fingerprint density at radius 2 is 2.17 bits per heavy atom. The summed E-state index contributed by atoms with van der Waals surface area (Å²) in [7, 11) is 0. The zero-order chi connectivity index (χ0) is 13.1. The van der Waals surface area contributed by atoms with Crippen LogP contribution >= 0.6 is 27.3 Å². The standard InChI is InChI=1S/C12H13BrFN3S/c1-7(2)15-6-10-16-17-12(18-10)8-4-3-5-9(14)11(8)13/h3-5,7,15H,6H2,1-2H3. The number of aromatic nitrogens is 2. The minimum atomic E-state index is -0.287. The van der Waals surface area contributed by atoms with Crippen LogP contribution in [0.1, 0.15) is 18.9 Å². The molecule has 0 bridgehead atoms. The van der Waals surface area contributed by atoms with E-state index < -0.39 is 0 Å². The zero-order valence-corrected chi connectivity index (χ0v) is 12.5. The molecule has 0 aliphatic rings. The summed E-state index contributed by atoms with van der Waals surface area (Å²) in [6, 6.07) is 5.31. The van der Waals surface area contributed by atoms with Crippen molar-refractivity contribution in [1.29, 1.82) is 0 Å². The first kappa shape index (κ1) is 13.6. The molecule has 0 spiro atoms. The number of halogens is 2. The van der Waals surface area contributed by atoms with Gasteiger partial charge in [-0.3, -0.25) is 0 Å². The molecule has 1 N–H and O–H groups in total. The van der Waals surface area contributed by atoms with E-state index in [1.54, 1.807) is 6.07 Å². The Kier molecular flexibility index (Phi) is 4.42. The molecule has 0 aliphatic carbocycles. The average molecular weight is 330 g/mol. The molecule has 0 aliphatic heterocycles. The molecule has 0 atom stereocenters. The summed E-state index contributed by atoms with van der Waals surface area (Å²) in [4.78, 5) is 0. The van der Waals surface area contributed by atoms with Crippen molar-refractivity contribution in [3.8, 4) is 10.6 Å². The molecule has 3 nitrogen and oxygen atoms in total. The highest BCUT2D eigenvalue weighted by Gasteiger charge is 2.12. The maximum Gasteiger partial charge on any atom is 0.149 e. The Balaban J connectivity index is 2.21. The van der Waals surface area contributed by atoms with Crippen molar-refractivity contribution in [2.24, 2.45) is 0 Å². The second-order valence-corrected chi connectivity index (χ2v) is 5.99. The zero-order valence-electron chi connectivity index (χ0n) is 10.1. The average Bonchev–Trinajstić information content (AvgIpc) is 2.78. The Morgan fingerprint density at radius 3 is 2.89 bits per heavy atom. The van der Waals surface area contributed by atoms with E-state index in [0.717, 1.165) is 15.6 Å². The molecule has 2 rings (SSSR count). The van der Waals surface area contributed by atoms with Gasteiger partial charge in [0.15, 0.2) is 0 Å². The van der Waals surface area contributed by atoms with Crippen molar-refractivity contribution in [1.82, 2.24) is 15.5 Å². The van der Waals surface area contributed by atoms with Crippen LogP contribution in [-0.4, -0.2) is 16.2 Å². The molecule has 0 amide bonds. The van der Waals surface area contributed by atoms with Crippen molar-refractivity contribution in [3.63, 3.8) is 0 Å². The molecule has 0 fully saturated rings. The van der Waals surface area contributed by atoms with Crippen LogP contribution in [0.4, 0.5) is 4.39 Å². The van der Waals surface area contributed by atoms with Crippen LogP contribution in [0.2, 0.25) is 0 Å². The van der Waals surface area contributed by atoms with E-state index >= 15 is 0 Å². The van der Waals surface area contributed by atoms with Crippen LogP contribution in [0, 0.1) is 5.82 Å². The molecule has 0 saturated heterocycles. The highest BCUT2D eigenvalue weighted by Crippen LogP contribution is 2.32. The maximum absolute atomic E-state index is 13.4. The van der Waals surface area contributed by atoms with Gasteiger partial charge in [0.2, 0.25) is 0 Å². The topological polar surface area (TPSA) is 37.8 Å². The SMILES string of the molecule is CC(C)NCc1nnc(-c2cccc(F)c2Br)s1. The lowest BCUT2D eigenvalue weighted by Crippen LogP contribution is -2.21. The number of benzene rings is 1. The Labute approximate surface area is 118 Å². The third-order valence-corrected chi connectivity index (χ3v) is 4.07. The molecule has 0 radical (unpaired) electrons. The van der Waals surface area contributed by atoms with Crippen molar-refractivity contribution in [3.05, 3.63) is 33.5 Å². The van der Waals surface area contributed by atoms with Crippen LogP contribution in [0.5, 0.6) is 0 Å². The van der Waals surface area contributed by atoms with Gasteiger partial charge in [-0.25, -0.2) is 4.39 Å². The summed E-state index contributed by atoms with van der Waals surface area (Å²) in [6.45, 7) is 4.83. The van der Waals surface area contributed by atoms with Gasteiger partial charge in [-0.15, -0.1) is 10.2 Å². The number of nitrogens with zero attached hydrogens (tertiary/aromatic N) is 2. The van der Waals surface area contributed by atoms with E-state index in [4.69, 9.17) is 0 Å². The van der Waals surface area contributed by atoms with Gasteiger partial charge >= 0.3 is 0 Å². The van der Waals surface area contributed by atoms with Crippen molar-refractivity contribution in [2.75, 3.05) is 0 Å². The predicted molar refractivity (Wildman–Crippen MR) is 75.0 cm³/mol. The van der Waals surface area contributed by atoms with E-state index in [1.165, 1.54) is 17.4 Å². The van der Waals surface area contributed by atoms with E-state index in [9.17, 15) is 4.39 Å². The summed E-state index contributed by atoms with van der Waals surface area (Å²) in [5.74, 6) is -0.287. The molecular formula is C12H13BrFN3S. The third-order valence-electron chi connectivity index (χ3n) is 2.31. The lowest BCUT2D eigenvalue weighted by Gasteiger charge is -2.03. The third kappa shape index (κ3) is 3.13. The van der Waals surface area contributed by atoms with Gasteiger partial charge in [-0.05, 0) is 22.0 Å². The quantitative estimate of drug-likeness (QED) is 0.931. The van der Waals surface area contributed by atoms with Crippen LogP contribution in [0.3, 0.4) is 0 Å². The summed E-state index contributed by atoms with van der Waals surface area (Å²) in [6.07, 6.45) is 0. The fraction of sp³-hybridized carbons (Fsp3) is 0.333. The molecule has 0 saturated carbocycles. The lowest BCUT2D eigenvalue weighted by atomic mass is 10.2. The number of rotatable bonds is 4. The summed E-state index contributed by atoms with van der Waals surface area (Å²) >= 11 is 4.71. The number of nitrogens with one attached hydrogen (secondary N) is 1. The largest absolute Gasteiger partial charge is 0.308 e. The highest BCUT2D eigenvalue weighted by atomic mass is 79.9. The Bertz CT molecular complexity index is 542. The Hall–Kier alpha value is -0.850. The maximum atomic E-state index is 13.4. The summed E-state index contributed by atoms with van der Waals surface area (Å²) in [5, 5.41) is 13.1. The lowest BCUT2D eigenvalue weighted by molar-refractivity contribution is 0.585. The fourth-order valence-electron chi connectivity index (χ4n) is 1.39. The Morgan fingerprint density at radius 1 is 1.39 bits per heavy atom. The molecular weight excluding hydrogens is 317 g/mol. The molecule has 18 heavy (non-hydrogen) atoms. The second kappa shape index (κ2) is 5.86. The molecule has 2 aromatic rings. The van der Waals surface area contributed by atoms with Crippen molar-refractivity contribution >= 4 is 27.3 Å². The monoisotopic (exact) mass is 329 g/mol. The van der Waals surface area contributed by atoms with E-state index in [2.05, 4.69) is 45.3 Å². The normalized spacial score (nSPS) is 11.2. The van der Waals surface area contributed by atoms with E-state index in [1.807, 2.05) is 6.07 Å². The molecule has 96 valence electrons. The first-order valence-electron chi connectivity index (χ1n) is 5.58. The minimum Gasteiger partial charge on any atom is -0.308 e. The van der Waals surface area contributed by atoms with E-state index in [-0.39, 0.29) is 5.82 Å². The van der Waals surface area contributed by atoms with Gasteiger partial charge in [0.25, 0.3) is 0 Å². The van der Waals surface area contributed by atoms with Gasteiger partial charge in [0.1, 0.15) is 15.8 Å². The predicted octanol–water partition coefficient (Wildman–Crippen LogP) is 3.60. The molecule has 1 heterocycles. The number of hydrogen-bond acceptors (Lipinski definition) is 4. The van der Waals surface area contributed by atoms with Gasteiger partial charge in [0.05, 0.1) is 4.47 Å². The molecule has 1 aromatic heterocycles. The minimum absolute atomic E-state index is 0.287. The molecule has 1 aromatic carbocycles. The van der Waals surface area contributed by atoms with Crippen molar-refractivity contribution in [2.45, 2.75) is 26.4 Å². The first-order chi connectivity index (χ1) is 8.58. The van der Waals surface area contributed by atoms with E-state index in [0.29, 0.717) is 17.1 Å². The van der Waals surface area contributed by atoms with Crippen LogP contribution in [-0.2, 0) is 6.54 Å². The van der Waals surface area contributed by atoms with Crippen LogP contribution < -0.4 is 5.32 Å². The van der Waals surface area contributed by atoms with Crippen molar-refractivity contribution < 1.29 is 4.39 Å². The smallest absolute Gasteiger partial charge is 0.149 e. The fourth-order valence-corrected chi connectivity index (χ4v) is 2.80. The molecule has 0 unspecified atom stereocenters. The van der Waals surface area contributed by atoms with Gasteiger partial charge in [0, 0.05) is 18.2 Å². The second-order valence-electron chi connectivity index (χ2n) is 4.14. The van der Waals surface area contributed by atoms with Crippen LogP contribution in [0.15, 0.2) is 22.7 Å². The van der Waals surface area contributed by atoms with Gasteiger partial charge < -0.3 is 5.32 Å². The van der Waals surface area contributed by atoms with Gasteiger partial charge in [-0.1, -0.05) is 37.3 Å². The number of hydrogen-bond donors (Lipinski definition) is 1.